The van der Waals surface area contributed by atoms with Crippen LogP contribution in [0.25, 0.3) is 0 Å². The van der Waals surface area contributed by atoms with E-state index in [-0.39, 0.29) is 11.9 Å². The Bertz CT molecular complexity index is 323. The number of rotatable bonds is 3. The van der Waals surface area contributed by atoms with Crippen LogP contribution in [0.15, 0.2) is 24.3 Å². The Balaban J connectivity index is 1.99. The van der Waals surface area contributed by atoms with Gasteiger partial charge >= 0.3 is 0 Å². The summed E-state index contributed by atoms with van der Waals surface area (Å²) in [5.74, 6) is 0.566. The van der Waals surface area contributed by atoms with Crippen molar-refractivity contribution < 1.29 is 9.13 Å². The van der Waals surface area contributed by atoms with Crippen LogP contribution in [0.4, 0.5) is 4.39 Å². The molecule has 2 nitrogen and oxygen atoms in total. The molecule has 15 heavy (non-hydrogen) atoms. The molecular weight excluding hydrogens is 193 g/mol. The van der Waals surface area contributed by atoms with Crippen molar-refractivity contribution in [2.24, 2.45) is 5.92 Å². The fourth-order valence-corrected chi connectivity index (χ4v) is 1.91. The first-order chi connectivity index (χ1) is 7.27. The summed E-state index contributed by atoms with van der Waals surface area (Å²) < 4.78 is 18.9. The van der Waals surface area contributed by atoms with Crippen LogP contribution < -0.4 is 10.1 Å². The molecule has 2 unspecified atom stereocenters. The van der Waals surface area contributed by atoms with Crippen LogP contribution in [0.1, 0.15) is 13.3 Å². The zero-order valence-corrected chi connectivity index (χ0v) is 8.87. The van der Waals surface area contributed by atoms with Crippen LogP contribution in [0.5, 0.6) is 5.75 Å². The first kappa shape index (κ1) is 10.4. The van der Waals surface area contributed by atoms with Crippen molar-refractivity contribution in [3.63, 3.8) is 0 Å². The molecule has 1 aliphatic heterocycles. The third kappa shape index (κ3) is 2.48. The second-order valence-electron chi connectivity index (χ2n) is 4.01. The minimum atomic E-state index is -0.282. The van der Waals surface area contributed by atoms with Crippen LogP contribution in [0.3, 0.4) is 0 Å². The molecule has 1 saturated heterocycles. The molecule has 1 aromatic carbocycles. The van der Waals surface area contributed by atoms with Gasteiger partial charge in [-0.15, -0.1) is 0 Å². The third-order valence-corrected chi connectivity index (χ3v) is 2.91. The van der Waals surface area contributed by atoms with Gasteiger partial charge in [-0.1, -0.05) is 12.1 Å². The molecule has 3 heteroatoms. The zero-order valence-electron chi connectivity index (χ0n) is 8.87. The minimum Gasteiger partial charge on any atom is -0.487 e. The topological polar surface area (TPSA) is 21.3 Å². The van der Waals surface area contributed by atoms with Gasteiger partial charge in [0.25, 0.3) is 0 Å². The molecule has 82 valence electrons. The summed E-state index contributed by atoms with van der Waals surface area (Å²) in [5, 5.41) is 3.28. The highest BCUT2D eigenvalue weighted by Crippen LogP contribution is 2.22. The lowest BCUT2D eigenvalue weighted by Crippen LogP contribution is -2.25. The number of hydrogen-bond donors (Lipinski definition) is 1. The summed E-state index contributed by atoms with van der Waals surface area (Å²) in [7, 11) is 0. The van der Waals surface area contributed by atoms with Crippen molar-refractivity contribution in [1.82, 2.24) is 5.32 Å². The van der Waals surface area contributed by atoms with Crippen molar-refractivity contribution in [1.29, 1.82) is 0 Å². The molecule has 0 spiro atoms. The normalized spacial score (nSPS) is 22.7. The van der Waals surface area contributed by atoms with E-state index < -0.39 is 0 Å². The van der Waals surface area contributed by atoms with Crippen LogP contribution in [-0.2, 0) is 0 Å². The maximum absolute atomic E-state index is 13.3. The Morgan fingerprint density at radius 1 is 1.47 bits per heavy atom. The van der Waals surface area contributed by atoms with Crippen molar-refractivity contribution in [2.75, 3.05) is 13.1 Å². The minimum absolute atomic E-state index is 0.0666. The van der Waals surface area contributed by atoms with Crippen LogP contribution in [0, 0.1) is 11.7 Å². The van der Waals surface area contributed by atoms with Crippen molar-refractivity contribution in [2.45, 2.75) is 19.4 Å². The molecule has 1 fully saturated rings. The smallest absolute Gasteiger partial charge is 0.165 e. The third-order valence-electron chi connectivity index (χ3n) is 2.91. The molecule has 1 heterocycles. The molecule has 0 amide bonds. The number of hydrogen-bond acceptors (Lipinski definition) is 2. The quantitative estimate of drug-likeness (QED) is 0.824. The summed E-state index contributed by atoms with van der Waals surface area (Å²) in [6.45, 7) is 4.01. The van der Waals surface area contributed by atoms with Crippen LogP contribution in [0.2, 0.25) is 0 Å². The molecule has 0 saturated carbocycles. The van der Waals surface area contributed by atoms with E-state index in [1.165, 1.54) is 6.07 Å². The number of benzene rings is 1. The van der Waals surface area contributed by atoms with Crippen molar-refractivity contribution >= 4 is 0 Å². The first-order valence-corrected chi connectivity index (χ1v) is 5.39. The molecule has 0 aromatic heterocycles. The van der Waals surface area contributed by atoms with Gasteiger partial charge in [0.2, 0.25) is 0 Å². The Morgan fingerprint density at radius 2 is 2.27 bits per heavy atom. The zero-order chi connectivity index (χ0) is 10.7. The fourth-order valence-electron chi connectivity index (χ4n) is 1.91. The van der Waals surface area contributed by atoms with E-state index in [0.717, 1.165) is 19.5 Å². The number of para-hydroxylation sites is 1. The first-order valence-electron chi connectivity index (χ1n) is 5.39. The second kappa shape index (κ2) is 4.62. The van der Waals surface area contributed by atoms with Crippen molar-refractivity contribution in [3.05, 3.63) is 30.1 Å². The standard InChI is InChI=1S/C12H16FNO/c1-9(10-6-7-14-8-10)15-12-5-3-2-4-11(12)13/h2-5,9-10,14H,6-8H2,1H3. The highest BCUT2D eigenvalue weighted by atomic mass is 19.1. The monoisotopic (exact) mass is 209 g/mol. The van der Waals surface area contributed by atoms with Gasteiger partial charge in [0, 0.05) is 12.5 Å². The van der Waals surface area contributed by atoms with E-state index in [0.29, 0.717) is 11.7 Å². The fraction of sp³-hybridized carbons (Fsp3) is 0.500. The van der Waals surface area contributed by atoms with E-state index >= 15 is 0 Å². The highest BCUT2D eigenvalue weighted by molar-refractivity contribution is 5.23. The predicted molar refractivity (Wildman–Crippen MR) is 57.5 cm³/mol. The molecule has 2 atom stereocenters. The molecule has 1 aliphatic rings. The van der Waals surface area contributed by atoms with E-state index in [9.17, 15) is 4.39 Å². The molecule has 0 bridgehead atoms. The van der Waals surface area contributed by atoms with Gasteiger partial charge in [0.15, 0.2) is 11.6 Å². The highest BCUT2D eigenvalue weighted by Gasteiger charge is 2.23. The maximum Gasteiger partial charge on any atom is 0.165 e. The van der Waals surface area contributed by atoms with Gasteiger partial charge < -0.3 is 10.1 Å². The van der Waals surface area contributed by atoms with Crippen molar-refractivity contribution in [3.8, 4) is 5.75 Å². The SMILES string of the molecule is CC(Oc1ccccc1F)C1CCNC1. The van der Waals surface area contributed by atoms with E-state index in [1.807, 2.05) is 6.92 Å². The average molecular weight is 209 g/mol. The lowest BCUT2D eigenvalue weighted by Gasteiger charge is -2.20. The maximum atomic E-state index is 13.3. The molecular formula is C12H16FNO. The summed E-state index contributed by atoms with van der Waals surface area (Å²) in [6.07, 6.45) is 1.17. The van der Waals surface area contributed by atoms with E-state index in [2.05, 4.69) is 5.32 Å². The summed E-state index contributed by atoms with van der Waals surface area (Å²) in [4.78, 5) is 0. The van der Waals surface area contributed by atoms with Gasteiger partial charge in [-0.3, -0.25) is 0 Å². The average Bonchev–Trinajstić information content (AvgIpc) is 2.74. The Kier molecular flexibility index (Phi) is 3.21. The number of ether oxygens (including phenoxy) is 1. The van der Waals surface area contributed by atoms with E-state index in [1.54, 1.807) is 18.2 Å². The molecule has 1 aromatic rings. The molecule has 0 radical (unpaired) electrons. The Labute approximate surface area is 89.4 Å². The summed E-state index contributed by atoms with van der Waals surface area (Å²) >= 11 is 0. The molecule has 1 N–H and O–H groups in total. The van der Waals surface area contributed by atoms with Gasteiger partial charge in [0.1, 0.15) is 6.10 Å². The van der Waals surface area contributed by atoms with Gasteiger partial charge in [-0.05, 0) is 32.0 Å². The Morgan fingerprint density at radius 3 is 2.93 bits per heavy atom. The molecule has 2 rings (SSSR count). The summed E-state index contributed by atoms with van der Waals surface area (Å²) in [6, 6.07) is 6.56. The number of nitrogens with one attached hydrogen (secondary N) is 1. The lowest BCUT2D eigenvalue weighted by atomic mass is 10.0. The molecule has 0 aliphatic carbocycles. The van der Waals surface area contributed by atoms with Gasteiger partial charge in [0.05, 0.1) is 0 Å². The second-order valence-corrected chi connectivity index (χ2v) is 4.01. The van der Waals surface area contributed by atoms with Crippen LogP contribution >= 0.6 is 0 Å². The lowest BCUT2D eigenvalue weighted by molar-refractivity contribution is 0.154. The van der Waals surface area contributed by atoms with E-state index in [4.69, 9.17) is 4.74 Å². The largest absolute Gasteiger partial charge is 0.487 e. The Hall–Kier alpha value is -1.09. The van der Waals surface area contributed by atoms with Gasteiger partial charge in [-0.2, -0.15) is 0 Å². The predicted octanol–water partition coefficient (Wildman–Crippen LogP) is 2.20. The van der Waals surface area contributed by atoms with Gasteiger partial charge in [-0.25, -0.2) is 4.39 Å². The summed E-state index contributed by atoms with van der Waals surface area (Å²) in [5.41, 5.74) is 0. The number of halogens is 1. The van der Waals surface area contributed by atoms with Crippen LogP contribution in [-0.4, -0.2) is 19.2 Å².